The Kier molecular flexibility index (Phi) is 5.30. The SMILES string of the molecule is COc1ccc(CC(=O)N(C)C2CCCCC2Cl)cc1. The van der Waals surface area contributed by atoms with Gasteiger partial charge in [0.1, 0.15) is 5.75 Å². The number of halogens is 1. The van der Waals surface area contributed by atoms with Crippen molar-refractivity contribution in [1.29, 1.82) is 0 Å². The lowest BCUT2D eigenvalue weighted by molar-refractivity contribution is -0.131. The van der Waals surface area contributed by atoms with Crippen LogP contribution in [0.25, 0.3) is 0 Å². The van der Waals surface area contributed by atoms with Gasteiger partial charge in [-0.3, -0.25) is 4.79 Å². The fourth-order valence-corrected chi connectivity index (χ4v) is 3.18. The normalized spacial score (nSPS) is 22.4. The maximum atomic E-state index is 12.3. The summed E-state index contributed by atoms with van der Waals surface area (Å²) in [6, 6.07) is 7.81. The summed E-state index contributed by atoms with van der Waals surface area (Å²) in [4.78, 5) is 14.2. The molecule has 0 aromatic heterocycles. The summed E-state index contributed by atoms with van der Waals surface area (Å²) in [6.45, 7) is 0. The number of alkyl halides is 1. The third kappa shape index (κ3) is 3.66. The quantitative estimate of drug-likeness (QED) is 0.798. The van der Waals surface area contributed by atoms with Gasteiger partial charge in [-0.05, 0) is 30.5 Å². The van der Waals surface area contributed by atoms with Crippen molar-refractivity contribution in [1.82, 2.24) is 4.90 Å². The Morgan fingerprint density at radius 3 is 2.55 bits per heavy atom. The number of rotatable bonds is 4. The topological polar surface area (TPSA) is 29.5 Å². The molecular weight excluding hydrogens is 274 g/mol. The van der Waals surface area contributed by atoms with Gasteiger partial charge >= 0.3 is 0 Å². The first-order chi connectivity index (χ1) is 9.61. The number of carbonyl (C=O) groups excluding carboxylic acids is 1. The summed E-state index contributed by atoms with van der Waals surface area (Å²) >= 11 is 6.35. The van der Waals surface area contributed by atoms with Crippen molar-refractivity contribution in [3.63, 3.8) is 0 Å². The molecule has 1 aromatic carbocycles. The number of amides is 1. The van der Waals surface area contributed by atoms with Crippen molar-refractivity contribution in [3.05, 3.63) is 29.8 Å². The van der Waals surface area contributed by atoms with Crippen molar-refractivity contribution < 1.29 is 9.53 Å². The highest BCUT2D eigenvalue weighted by Gasteiger charge is 2.29. The van der Waals surface area contributed by atoms with Crippen LogP contribution in [0.5, 0.6) is 5.75 Å². The van der Waals surface area contributed by atoms with Crippen molar-refractivity contribution in [2.24, 2.45) is 0 Å². The van der Waals surface area contributed by atoms with E-state index in [1.807, 2.05) is 36.2 Å². The van der Waals surface area contributed by atoms with Gasteiger partial charge < -0.3 is 9.64 Å². The van der Waals surface area contributed by atoms with E-state index in [4.69, 9.17) is 16.3 Å². The molecule has 1 amide bonds. The fourth-order valence-electron chi connectivity index (χ4n) is 2.73. The Balaban J connectivity index is 1.95. The molecule has 4 heteroatoms. The maximum absolute atomic E-state index is 12.3. The molecule has 3 nitrogen and oxygen atoms in total. The lowest BCUT2D eigenvalue weighted by Crippen LogP contribution is -2.44. The van der Waals surface area contributed by atoms with Crippen LogP contribution >= 0.6 is 11.6 Å². The first kappa shape index (κ1) is 15.2. The van der Waals surface area contributed by atoms with Crippen LogP contribution in [0.2, 0.25) is 0 Å². The summed E-state index contributed by atoms with van der Waals surface area (Å²) in [5, 5.41) is 0.0913. The molecule has 0 radical (unpaired) electrons. The summed E-state index contributed by atoms with van der Waals surface area (Å²) in [5.41, 5.74) is 1.00. The van der Waals surface area contributed by atoms with Crippen molar-refractivity contribution in [3.8, 4) is 5.75 Å². The molecule has 0 spiro atoms. The minimum atomic E-state index is 0.0913. The van der Waals surface area contributed by atoms with Gasteiger partial charge in [-0.25, -0.2) is 0 Å². The molecule has 1 aromatic rings. The van der Waals surface area contributed by atoms with E-state index in [9.17, 15) is 4.79 Å². The average molecular weight is 296 g/mol. The zero-order valence-corrected chi connectivity index (χ0v) is 12.9. The Labute approximate surface area is 125 Å². The van der Waals surface area contributed by atoms with E-state index in [0.29, 0.717) is 6.42 Å². The minimum Gasteiger partial charge on any atom is -0.497 e. The van der Waals surface area contributed by atoms with Crippen LogP contribution in [0, 0.1) is 0 Å². The first-order valence-corrected chi connectivity index (χ1v) is 7.58. The highest BCUT2D eigenvalue weighted by Crippen LogP contribution is 2.27. The third-order valence-electron chi connectivity index (χ3n) is 4.05. The third-order valence-corrected chi connectivity index (χ3v) is 4.56. The molecule has 0 N–H and O–H groups in total. The summed E-state index contributed by atoms with van der Waals surface area (Å²) in [7, 11) is 3.51. The smallest absolute Gasteiger partial charge is 0.227 e. The number of hydrogen-bond acceptors (Lipinski definition) is 2. The largest absolute Gasteiger partial charge is 0.497 e. The van der Waals surface area contributed by atoms with Gasteiger partial charge in [-0.15, -0.1) is 11.6 Å². The maximum Gasteiger partial charge on any atom is 0.227 e. The highest BCUT2D eigenvalue weighted by molar-refractivity contribution is 6.21. The molecule has 2 atom stereocenters. The number of methoxy groups -OCH3 is 1. The molecule has 0 aliphatic heterocycles. The second-order valence-corrected chi connectivity index (χ2v) is 5.96. The number of ether oxygens (including phenoxy) is 1. The van der Waals surface area contributed by atoms with Gasteiger partial charge in [0.15, 0.2) is 0 Å². The molecule has 2 unspecified atom stereocenters. The van der Waals surface area contributed by atoms with Crippen molar-refractivity contribution in [2.45, 2.75) is 43.5 Å². The first-order valence-electron chi connectivity index (χ1n) is 7.14. The lowest BCUT2D eigenvalue weighted by Gasteiger charge is -2.35. The standard InChI is InChI=1S/C16H22ClNO2/c1-18(15-6-4-3-5-14(15)17)16(19)11-12-7-9-13(20-2)10-8-12/h7-10,14-15H,3-6,11H2,1-2H3. The van der Waals surface area contributed by atoms with Gasteiger partial charge in [-0.2, -0.15) is 0 Å². The monoisotopic (exact) mass is 295 g/mol. The highest BCUT2D eigenvalue weighted by atomic mass is 35.5. The lowest BCUT2D eigenvalue weighted by atomic mass is 9.93. The molecular formula is C16H22ClNO2. The minimum absolute atomic E-state index is 0.0913. The zero-order valence-electron chi connectivity index (χ0n) is 12.1. The van der Waals surface area contributed by atoms with E-state index < -0.39 is 0 Å². The van der Waals surface area contributed by atoms with Gasteiger partial charge in [0, 0.05) is 13.1 Å². The molecule has 0 saturated heterocycles. The van der Waals surface area contributed by atoms with E-state index >= 15 is 0 Å². The van der Waals surface area contributed by atoms with Crippen molar-refractivity contribution >= 4 is 17.5 Å². The van der Waals surface area contributed by atoms with E-state index in [0.717, 1.165) is 30.6 Å². The molecule has 1 saturated carbocycles. The van der Waals surface area contributed by atoms with Crippen LogP contribution in [-0.4, -0.2) is 36.4 Å². The van der Waals surface area contributed by atoms with E-state index in [1.165, 1.54) is 6.42 Å². The summed E-state index contributed by atoms with van der Waals surface area (Å²) in [5.74, 6) is 0.940. The molecule has 20 heavy (non-hydrogen) atoms. The molecule has 2 rings (SSSR count). The second-order valence-electron chi connectivity index (χ2n) is 5.40. The van der Waals surface area contributed by atoms with Gasteiger partial charge in [0.05, 0.1) is 18.9 Å². The Morgan fingerprint density at radius 2 is 1.95 bits per heavy atom. The molecule has 1 fully saturated rings. The van der Waals surface area contributed by atoms with Crippen molar-refractivity contribution in [2.75, 3.05) is 14.2 Å². The Bertz CT molecular complexity index is 446. The van der Waals surface area contributed by atoms with Crippen LogP contribution in [0.3, 0.4) is 0 Å². The van der Waals surface area contributed by atoms with Gasteiger partial charge in [0.2, 0.25) is 5.91 Å². The average Bonchev–Trinajstić information content (AvgIpc) is 2.48. The number of benzene rings is 1. The summed E-state index contributed by atoms with van der Waals surface area (Å²) < 4.78 is 5.12. The number of likely N-dealkylation sites (N-methyl/N-ethyl adjacent to an activating group) is 1. The van der Waals surface area contributed by atoms with E-state index in [1.54, 1.807) is 7.11 Å². The predicted octanol–water partition coefficient (Wildman–Crippen LogP) is 3.25. The number of carbonyl (C=O) groups is 1. The number of nitrogens with zero attached hydrogens (tertiary/aromatic N) is 1. The molecule has 0 bridgehead atoms. The van der Waals surface area contributed by atoms with Crippen LogP contribution in [0.4, 0.5) is 0 Å². The zero-order chi connectivity index (χ0) is 14.5. The van der Waals surface area contributed by atoms with Crippen LogP contribution in [0.15, 0.2) is 24.3 Å². The Morgan fingerprint density at radius 1 is 1.30 bits per heavy atom. The van der Waals surface area contributed by atoms with Crippen LogP contribution < -0.4 is 4.74 Å². The predicted molar refractivity (Wildman–Crippen MR) is 81.4 cm³/mol. The van der Waals surface area contributed by atoms with E-state index in [-0.39, 0.29) is 17.3 Å². The molecule has 1 aliphatic carbocycles. The van der Waals surface area contributed by atoms with Crippen LogP contribution in [-0.2, 0) is 11.2 Å². The molecule has 1 aliphatic rings. The van der Waals surface area contributed by atoms with E-state index in [2.05, 4.69) is 0 Å². The van der Waals surface area contributed by atoms with Gasteiger partial charge in [-0.1, -0.05) is 25.0 Å². The number of hydrogen-bond donors (Lipinski definition) is 0. The molecule has 110 valence electrons. The fraction of sp³-hybridized carbons (Fsp3) is 0.562. The van der Waals surface area contributed by atoms with Crippen LogP contribution in [0.1, 0.15) is 31.2 Å². The Hall–Kier alpha value is -1.22. The summed E-state index contributed by atoms with van der Waals surface area (Å²) in [6.07, 6.45) is 4.77. The van der Waals surface area contributed by atoms with Gasteiger partial charge in [0.25, 0.3) is 0 Å². The second kappa shape index (κ2) is 6.98. The molecule has 0 heterocycles.